The van der Waals surface area contributed by atoms with E-state index in [1.807, 2.05) is 19.1 Å². The molecule has 7 heteroatoms. The third-order valence-corrected chi connectivity index (χ3v) is 6.16. The highest BCUT2D eigenvalue weighted by Gasteiger charge is 2.60. The number of hydrogen-bond acceptors (Lipinski definition) is 5. The minimum absolute atomic E-state index is 0.0176. The number of nitrogens with zero attached hydrogens (tertiary/aromatic N) is 4. The van der Waals surface area contributed by atoms with Gasteiger partial charge in [0.25, 0.3) is 5.91 Å². The van der Waals surface area contributed by atoms with Crippen molar-refractivity contribution < 1.29 is 14.7 Å². The van der Waals surface area contributed by atoms with Crippen molar-refractivity contribution in [2.24, 2.45) is 5.41 Å². The Bertz CT molecular complexity index is 901. The molecule has 4 heterocycles. The van der Waals surface area contributed by atoms with Crippen LogP contribution < -0.4 is 0 Å². The van der Waals surface area contributed by atoms with Crippen LogP contribution in [-0.4, -0.2) is 48.9 Å². The van der Waals surface area contributed by atoms with Gasteiger partial charge in [-0.3, -0.25) is 14.6 Å². The maximum absolute atomic E-state index is 13.2. The van der Waals surface area contributed by atoms with Crippen LogP contribution in [0.5, 0.6) is 0 Å². The first-order chi connectivity index (χ1) is 13.0. The smallest absolute Gasteiger partial charge is 0.311 e. The summed E-state index contributed by atoms with van der Waals surface area (Å²) in [7, 11) is 0. The summed E-state index contributed by atoms with van der Waals surface area (Å²) in [6.45, 7) is 3.69. The molecule has 1 amide bonds. The number of aromatic nitrogens is 3. The predicted molar refractivity (Wildman–Crippen MR) is 98.0 cm³/mol. The zero-order valence-electron chi connectivity index (χ0n) is 15.4. The summed E-state index contributed by atoms with van der Waals surface area (Å²) in [5.74, 6) is -0.431. The van der Waals surface area contributed by atoms with Crippen LogP contribution in [0, 0.1) is 12.3 Å². The molecule has 27 heavy (non-hydrogen) atoms. The normalized spacial score (nSPS) is 26.4. The van der Waals surface area contributed by atoms with Crippen LogP contribution in [-0.2, 0) is 4.79 Å². The molecule has 0 aliphatic carbocycles. The van der Waals surface area contributed by atoms with Crippen molar-refractivity contribution in [3.05, 3.63) is 42.0 Å². The number of fused-ring (bicyclic) bond motifs is 2. The summed E-state index contributed by atoms with van der Waals surface area (Å²) < 4.78 is 0. The second-order valence-electron chi connectivity index (χ2n) is 7.41. The summed E-state index contributed by atoms with van der Waals surface area (Å²) in [5, 5.41) is 9.80. The molecule has 3 atom stereocenters. The van der Waals surface area contributed by atoms with E-state index in [4.69, 9.17) is 0 Å². The SMILES string of the molecule is CC[C@@]1(C(=O)O)C[C@@H]2CC[C@H]1N2C(=O)c1cnc(-c2cccnc2)nc1C. The fraction of sp³-hybridized carbons (Fsp3) is 0.450. The highest BCUT2D eigenvalue weighted by molar-refractivity contribution is 5.97. The number of carboxylic acid groups (broad SMARTS) is 1. The molecule has 2 aliphatic rings. The molecule has 0 radical (unpaired) electrons. The van der Waals surface area contributed by atoms with Crippen LogP contribution in [0.3, 0.4) is 0 Å². The minimum atomic E-state index is -0.830. The van der Waals surface area contributed by atoms with E-state index in [-0.39, 0.29) is 18.0 Å². The zero-order chi connectivity index (χ0) is 19.2. The lowest BCUT2D eigenvalue weighted by Gasteiger charge is -2.32. The second kappa shape index (κ2) is 6.40. The van der Waals surface area contributed by atoms with Crippen LogP contribution in [0.4, 0.5) is 0 Å². The van der Waals surface area contributed by atoms with Gasteiger partial charge in [-0.15, -0.1) is 0 Å². The highest BCUT2D eigenvalue weighted by atomic mass is 16.4. The molecule has 2 fully saturated rings. The number of aliphatic carboxylic acids is 1. The first kappa shape index (κ1) is 17.6. The van der Waals surface area contributed by atoms with Crippen LogP contribution in [0.15, 0.2) is 30.7 Å². The Balaban J connectivity index is 1.65. The average Bonchev–Trinajstić information content (AvgIpc) is 3.24. The maximum atomic E-state index is 13.2. The molecule has 2 aromatic rings. The predicted octanol–water partition coefficient (Wildman–Crippen LogP) is 2.70. The lowest BCUT2D eigenvalue weighted by atomic mass is 9.72. The maximum Gasteiger partial charge on any atom is 0.311 e. The number of rotatable bonds is 4. The molecule has 4 rings (SSSR count). The standard InChI is InChI=1S/C20H22N4O3/c1-3-20(19(26)27)9-14-6-7-16(20)24(14)18(25)15-11-22-17(23-12(15)2)13-5-4-8-21-10-13/h4-5,8,10-11,14,16H,3,6-7,9H2,1-2H3,(H,26,27)/t14-,16+,20+/m0/s1. The fourth-order valence-corrected chi connectivity index (χ4v) is 4.70. The summed E-state index contributed by atoms with van der Waals surface area (Å²) >= 11 is 0. The van der Waals surface area contributed by atoms with Crippen molar-refractivity contribution in [3.63, 3.8) is 0 Å². The number of aryl methyl sites for hydroxylation is 1. The highest BCUT2D eigenvalue weighted by Crippen LogP contribution is 2.52. The van der Waals surface area contributed by atoms with E-state index in [9.17, 15) is 14.7 Å². The number of pyridine rings is 1. The van der Waals surface area contributed by atoms with E-state index in [0.717, 1.165) is 18.4 Å². The van der Waals surface area contributed by atoms with Gasteiger partial charge in [-0.2, -0.15) is 0 Å². The van der Waals surface area contributed by atoms with Crippen LogP contribution >= 0.6 is 0 Å². The second-order valence-corrected chi connectivity index (χ2v) is 7.41. The third kappa shape index (κ3) is 2.60. The van der Waals surface area contributed by atoms with E-state index in [1.165, 1.54) is 0 Å². The van der Waals surface area contributed by atoms with Gasteiger partial charge in [0.15, 0.2) is 5.82 Å². The van der Waals surface area contributed by atoms with Crippen LogP contribution in [0.25, 0.3) is 11.4 Å². The van der Waals surface area contributed by atoms with E-state index >= 15 is 0 Å². The molecule has 1 N–H and O–H groups in total. The summed E-state index contributed by atoms with van der Waals surface area (Å²) in [6, 6.07) is 3.41. The number of carbonyl (C=O) groups is 2. The van der Waals surface area contributed by atoms with E-state index in [2.05, 4.69) is 15.0 Å². The minimum Gasteiger partial charge on any atom is -0.481 e. The van der Waals surface area contributed by atoms with Crippen molar-refractivity contribution in [1.82, 2.24) is 19.9 Å². The third-order valence-electron chi connectivity index (χ3n) is 6.16. The van der Waals surface area contributed by atoms with Crippen LogP contribution in [0.1, 0.15) is 48.7 Å². The molecular formula is C20H22N4O3. The molecule has 7 nitrogen and oxygen atoms in total. The first-order valence-electron chi connectivity index (χ1n) is 9.28. The lowest BCUT2D eigenvalue weighted by Crippen LogP contribution is -2.45. The molecule has 2 aliphatic heterocycles. The topological polar surface area (TPSA) is 96.3 Å². The fourth-order valence-electron chi connectivity index (χ4n) is 4.70. The van der Waals surface area contributed by atoms with Gasteiger partial charge in [0, 0.05) is 36.2 Å². The number of carboxylic acids is 1. The average molecular weight is 366 g/mol. The molecule has 0 aromatic carbocycles. The van der Waals surface area contributed by atoms with Gasteiger partial charge in [-0.1, -0.05) is 6.92 Å². The van der Waals surface area contributed by atoms with Gasteiger partial charge in [-0.05, 0) is 44.7 Å². The monoisotopic (exact) mass is 366 g/mol. The Hall–Kier alpha value is -2.83. The van der Waals surface area contributed by atoms with Crippen molar-refractivity contribution in [3.8, 4) is 11.4 Å². The van der Waals surface area contributed by atoms with Crippen molar-refractivity contribution in [2.75, 3.05) is 0 Å². The Kier molecular flexibility index (Phi) is 4.17. The Morgan fingerprint density at radius 1 is 1.33 bits per heavy atom. The molecular weight excluding hydrogens is 344 g/mol. The quantitative estimate of drug-likeness (QED) is 0.894. The Morgan fingerprint density at radius 3 is 2.74 bits per heavy atom. The lowest BCUT2D eigenvalue weighted by molar-refractivity contribution is -0.151. The van der Waals surface area contributed by atoms with Gasteiger partial charge in [0.05, 0.1) is 16.7 Å². The number of amides is 1. The summed E-state index contributed by atoms with van der Waals surface area (Å²) in [5.41, 5.74) is 0.995. The molecule has 0 unspecified atom stereocenters. The van der Waals surface area contributed by atoms with Crippen molar-refractivity contribution in [1.29, 1.82) is 0 Å². The first-order valence-corrected chi connectivity index (χ1v) is 9.28. The van der Waals surface area contributed by atoms with E-state index in [1.54, 1.807) is 30.4 Å². The molecule has 140 valence electrons. The summed E-state index contributed by atoms with van der Waals surface area (Å²) in [6.07, 6.45) is 7.58. The van der Waals surface area contributed by atoms with E-state index < -0.39 is 11.4 Å². The van der Waals surface area contributed by atoms with Crippen molar-refractivity contribution >= 4 is 11.9 Å². The van der Waals surface area contributed by atoms with Crippen LogP contribution in [0.2, 0.25) is 0 Å². The van der Waals surface area contributed by atoms with Gasteiger partial charge in [0.2, 0.25) is 0 Å². The van der Waals surface area contributed by atoms with Gasteiger partial charge in [-0.25, -0.2) is 9.97 Å². The molecule has 2 saturated heterocycles. The Labute approximate surface area is 157 Å². The summed E-state index contributed by atoms with van der Waals surface area (Å²) in [4.78, 5) is 39.9. The van der Waals surface area contributed by atoms with Crippen molar-refractivity contribution in [2.45, 2.75) is 51.6 Å². The molecule has 2 bridgehead atoms. The van der Waals surface area contributed by atoms with Gasteiger partial charge in [0.1, 0.15) is 0 Å². The number of carbonyl (C=O) groups excluding carboxylic acids is 1. The molecule has 2 aromatic heterocycles. The molecule has 0 spiro atoms. The Morgan fingerprint density at radius 2 is 2.15 bits per heavy atom. The van der Waals surface area contributed by atoms with Gasteiger partial charge >= 0.3 is 5.97 Å². The van der Waals surface area contributed by atoms with Gasteiger partial charge < -0.3 is 10.0 Å². The number of hydrogen-bond donors (Lipinski definition) is 1. The molecule has 0 saturated carbocycles. The van der Waals surface area contributed by atoms with E-state index in [0.29, 0.717) is 29.9 Å². The largest absolute Gasteiger partial charge is 0.481 e. The zero-order valence-corrected chi connectivity index (χ0v) is 15.4.